The van der Waals surface area contributed by atoms with Gasteiger partial charge in [0.05, 0.1) is 12.9 Å². The van der Waals surface area contributed by atoms with Crippen molar-refractivity contribution in [1.82, 2.24) is 24.8 Å². The van der Waals surface area contributed by atoms with E-state index in [1.165, 1.54) is 12.5 Å². The van der Waals surface area contributed by atoms with Crippen LogP contribution in [0.4, 0.5) is 10.7 Å². The molecule has 22 heavy (non-hydrogen) atoms. The zero-order chi connectivity index (χ0) is 15.5. The van der Waals surface area contributed by atoms with Crippen LogP contribution in [0.3, 0.4) is 0 Å². The fraction of sp³-hybridized carbons (Fsp3) is 0.462. The van der Waals surface area contributed by atoms with Gasteiger partial charge in [-0.05, 0) is 6.92 Å². The molecule has 1 amide bonds. The second kappa shape index (κ2) is 5.96. The number of amides is 1. The monoisotopic (exact) mass is 304 g/mol. The molecular weight excluding hydrogens is 288 g/mol. The highest BCUT2D eigenvalue weighted by molar-refractivity contribution is 5.73. The Bertz CT molecular complexity index is 738. The van der Waals surface area contributed by atoms with Crippen LogP contribution < -0.4 is 10.5 Å². The van der Waals surface area contributed by atoms with E-state index in [1.54, 1.807) is 11.8 Å². The quantitative estimate of drug-likeness (QED) is 0.832. The number of nitrogens with zero attached hydrogens (tertiary/aromatic N) is 5. The van der Waals surface area contributed by atoms with E-state index in [0.29, 0.717) is 49.8 Å². The molecular formula is C13H16N6O3. The normalized spacial score (nSPS) is 15.1. The first-order valence-electron chi connectivity index (χ1n) is 7.06. The summed E-state index contributed by atoms with van der Waals surface area (Å²) < 4.78 is 4.98. The summed E-state index contributed by atoms with van der Waals surface area (Å²) in [6, 6.07) is 0. The SMILES string of the molecule is CCOC(=O)N1CCN(c2ncc3c(=O)[nH]cnc3n2)CC1. The summed E-state index contributed by atoms with van der Waals surface area (Å²) in [4.78, 5) is 41.9. The van der Waals surface area contributed by atoms with Gasteiger partial charge in [0.1, 0.15) is 5.39 Å². The van der Waals surface area contributed by atoms with Crippen molar-refractivity contribution in [2.75, 3.05) is 37.7 Å². The third-order valence-corrected chi connectivity index (χ3v) is 3.47. The summed E-state index contributed by atoms with van der Waals surface area (Å²) in [5.41, 5.74) is 0.102. The largest absolute Gasteiger partial charge is 0.450 e. The van der Waals surface area contributed by atoms with Gasteiger partial charge in [-0.2, -0.15) is 4.98 Å². The molecule has 0 aliphatic carbocycles. The van der Waals surface area contributed by atoms with Crippen molar-refractivity contribution in [3.05, 3.63) is 22.9 Å². The summed E-state index contributed by atoms with van der Waals surface area (Å²) >= 11 is 0. The zero-order valence-electron chi connectivity index (χ0n) is 12.2. The van der Waals surface area contributed by atoms with E-state index in [9.17, 15) is 9.59 Å². The molecule has 1 N–H and O–H groups in total. The predicted octanol–water partition coefficient (Wildman–Crippen LogP) is -0.00840. The van der Waals surface area contributed by atoms with E-state index in [4.69, 9.17) is 4.74 Å². The minimum atomic E-state index is -0.296. The van der Waals surface area contributed by atoms with Crippen LogP contribution in [0.2, 0.25) is 0 Å². The molecule has 1 fully saturated rings. The van der Waals surface area contributed by atoms with Crippen molar-refractivity contribution in [1.29, 1.82) is 0 Å². The number of fused-ring (bicyclic) bond motifs is 1. The van der Waals surface area contributed by atoms with E-state index < -0.39 is 0 Å². The van der Waals surface area contributed by atoms with Crippen molar-refractivity contribution in [2.24, 2.45) is 0 Å². The number of hydrogen-bond donors (Lipinski definition) is 1. The Hall–Kier alpha value is -2.71. The van der Waals surface area contributed by atoms with Gasteiger partial charge < -0.3 is 19.5 Å². The lowest BCUT2D eigenvalue weighted by Gasteiger charge is -2.33. The lowest BCUT2D eigenvalue weighted by molar-refractivity contribution is 0.105. The van der Waals surface area contributed by atoms with Crippen LogP contribution in [0.1, 0.15) is 6.92 Å². The van der Waals surface area contributed by atoms with Crippen LogP contribution in [-0.4, -0.2) is 63.7 Å². The predicted molar refractivity (Wildman–Crippen MR) is 78.8 cm³/mol. The Kier molecular flexibility index (Phi) is 3.86. The maximum Gasteiger partial charge on any atom is 0.409 e. The van der Waals surface area contributed by atoms with Gasteiger partial charge >= 0.3 is 6.09 Å². The van der Waals surface area contributed by atoms with Crippen LogP contribution in [0.5, 0.6) is 0 Å². The topological polar surface area (TPSA) is 104 Å². The molecule has 9 nitrogen and oxygen atoms in total. The summed E-state index contributed by atoms with van der Waals surface area (Å²) in [6.45, 7) is 4.45. The number of nitrogens with one attached hydrogen (secondary N) is 1. The van der Waals surface area contributed by atoms with Crippen molar-refractivity contribution >= 4 is 23.1 Å². The molecule has 1 saturated heterocycles. The number of ether oxygens (including phenoxy) is 1. The number of carbonyl (C=O) groups is 1. The molecule has 9 heteroatoms. The van der Waals surface area contributed by atoms with Gasteiger partial charge in [-0.3, -0.25) is 4.79 Å². The number of aromatic nitrogens is 4. The molecule has 0 bridgehead atoms. The molecule has 0 unspecified atom stereocenters. The second-order valence-electron chi connectivity index (χ2n) is 4.81. The Balaban J connectivity index is 1.74. The molecule has 1 aliphatic heterocycles. The first-order chi connectivity index (χ1) is 10.7. The highest BCUT2D eigenvalue weighted by Crippen LogP contribution is 2.13. The number of aromatic amines is 1. The maximum absolute atomic E-state index is 11.7. The summed E-state index contributed by atoms with van der Waals surface area (Å²) in [6.07, 6.45) is 2.50. The van der Waals surface area contributed by atoms with Crippen LogP contribution in [0.15, 0.2) is 17.3 Å². The first-order valence-corrected chi connectivity index (χ1v) is 7.06. The van der Waals surface area contributed by atoms with Crippen molar-refractivity contribution in [3.63, 3.8) is 0 Å². The third-order valence-electron chi connectivity index (χ3n) is 3.47. The molecule has 0 aromatic carbocycles. The van der Waals surface area contributed by atoms with Crippen molar-refractivity contribution < 1.29 is 9.53 Å². The summed E-state index contributed by atoms with van der Waals surface area (Å²) in [5.74, 6) is 0.508. The van der Waals surface area contributed by atoms with Crippen molar-refractivity contribution in [2.45, 2.75) is 6.92 Å². The molecule has 2 aromatic heterocycles. The maximum atomic E-state index is 11.7. The van der Waals surface area contributed by atoms with Crippen LogP contribution in [-0.2, 0) is 4.74 Å². The zero-order valence-corrected chi connectivity index (χ0v) is 12.2. The Labute approximate surface area is 125 Å². The fourth-order valence-corrected chi connectivity index (χ4v) is 2.31. The average Bonchev–Trinajstić information content (AvgIpc) is 2.55. The average molecular weight is 304 g/mol. The number of H-pyrrole nitrogens is 1. The number of carbonyl (C=O) groups excluding carboxylic acids is 1. The molecule has 116 valence electrons. The summed E-state index contributed by atoms with van der Waals surface area (Å²) in [5, 5.41) is 0.358. The van der Waals surface area contributed by atoms with Gasteiger partial charge in [0.2, 0.25) is 5.95 Å². The Morgan fingerprint density at radius 3 is 2.82 bits per heavy atom. The minimum absolute atomic E-state index is 0.260. The van der Waals surface area contributed by atoms with Gasteiger partial charge in [0, 0.05) is 32.4 Å². The summed E-state index contributed by atoms with van der Waals surface area (Å²) in [7, 11) is 0. The molecule has 3 heterocycles. The highest BCUT2D eigenvalue weighted by Gasteiger charge is 2.23. The lowest BCUT2D eigenvalue weighted by Crippen LogP contribution is -2.49. The van der Waals surface area contributed by atoms with Gasteiger partial charge in [0.25, 0.3) is 5.56 Å². The van der Waals surface area contributed by atoms with Gasteiger partial charge in [-0.1, -0.05) is 0 Å². The lowest BCUT2D eigenvalue weighted by atomic mass is 10.3. The van der Waals surface area contributed by atoms with E-state index in [1.807, 2.05) is 4.90 Å². The Morgan fingerprint density at radius 1 is 1.32 bits per heavy atom. The van der Waals surface area contributed by atoms with Crippen LogP contribution in [0.25, 0.3) is 11.0 Å². The number of rotatable bonds is 2. The molecule has 0 saturated carbocycles. The van der Waals surface area contributed by atoms with E-state index in [-0.39, 0.29) is 11.7 Å². The fourth-order valence-electron chi connectivity index (χ4n) is 2.31. The van der Waals surface area contributed by atoms with E-state index in [2.05, 4.69) is 19.9 Å². The first kappa shape index (κ1) is 14.2. The van der Waals surface area contributed by atoms with Gasteiger partial charge in [-0.25, -0.2) is 14.8 Å². The molecule has 0 radical (unpaired) electrons. The number of hydrogen-bond acceptors (Lipinski definition) is 7. The smallest absolute Gasteiger partial charge is 0.409 e. The molecule has 0 spiro atoms. The van der Waals surface area contributed by atoms with Crippen LogP contribution in [0, 0.1) is 0 Å². The third kappa shape index (κ3) is 2.69. The number of anilines is 1. The van der Waals surface area contributed by atoms with Crippen molar-refractivity contribution in [3.8, 4) is 0 Å². The van der Waals surface area contributed by atoms with E-state index >= 15 is 0 Å². The second-order valence-corrected chi connectivity index (χ2v) is 4.81. The number of piperazine rings is 1. The molecule has 0 atom stereocenters. The molecule has 2 aromatic rings. The highest BCUT2D eigenvalue weighted by atomic mass is 16.6. The molecule has 3 rings (SSSR count). The van der Waals surface area contributed by atoms with Gasteiger partial charge in [0.15, 0.2) is 5.65 Å². The van der Waals surface area contributed by atoms with E-state index in [0.717, 1.165) is 0 Å². The molecule has 1 aliphatic rings. The minimum Gasteiger partial charge on any atom is -0.450 e. The van der Waals surface area contributed by atoms with Gasteiger partial charge in [-0.15, -0.1) is 0 Å². The Morgan fingerprint density at radius 2 is 2.09 bits per heavy atom. The standard InChI is InChI=1S/C13H16N6O3/c1-2-22-13(21)19-5-3-18(4-6-19)12-14-7-9-10(17-12)15-8-16-11(9)20/h7-8H,2-6H2,1H3,(H,14,15,16,17,20). The van der Waals surface area contributed by atoms with Crippen LogP contribution >= 0.6 is 0 Å².